The summed E-state index contributed by atoms with van der Waals surface area (Å²) in [6.07, 6.45) is 0. The predicted molar refractivity (Wildman–Crippen MR) is 61.8 cm³/mol. The lowest BCUT2D eigenvalue weighted by atomic mass is 9.92. The maximum absolute atomic E-state index is 11.5. The van der Waals surface area contributed by atoms with Crippen LogP contribution in [0.25, 0.3) is 0 Å². The van der Waals surface area contributed by atoms with Gasteiger partial charge in [-0.1, -0.05) is 13.8 Å². The normalized spacial score (nSPS) is 10.5. The number of Topliss-reactive ketones (excluding diaryl/α,β-unsaturated/α-hetero) is 1. The molecule has 0 unspecified atom stereocenters. The van der Waals surface area contributed by atoms with Crippen LogP contribution in [0.1, 0.15) is 48.2 Å². The standard InChI is InChI=1S/C13H18O2/c1-8(2)13-11(10(4)14)6-9(3)7-12(13)15-5/h6-8H,1-5H3. The third-order valence-corrected chi connectivity index (χ3v) is 2.46. The van der Waals surface area contributed by atoms with Gasteiger partial charge >= 0.3 is 0 Å². The van der Waals surface area contributed by atoms with Crippen molar-refractivity contribution in [3.63, 3.8) is 0 Å². The first-order chi connectivity index (χ1) is 6.97. The molecule has 1 rings (SSSR count). The van der Waals surface area contributed by atoms with Crippen molar-refractivity contribution >= 4 is 5.78 Å². The van der Waals surface area contributed by atoms with E-state index in [2.05, 4.69) is 13.8 Å². The van der Waals surface area contributed by atoms with Crippen LogP contribution in [0, 0.1) is 6.92 Å². The number of methoxy groups -OCH3 is 1. The van der Waals surface area contributed by atoms with Gasteiger partial charge in [0, 0.05) is 11.1 Å². The number of benzene rings is 1. The van der Waals surface area contributed by atoms with Gasteiger partial charge < -0.3 is 4.74 Å². The molecule has 0 aliphatic rings. The summed E-state index contributed by atoms with van der Waals surface area (Å²) in [6.45, 7) is 7.71. The summed E-state index contributed by atoms with van der Waals surface area (Å²) in [5.41, 5.74) is 2.85. The molecule has 2 nitrogen and oxygen atoms in total. The Morgan fingerprint density at radius 2 is 1.93 bits per heavy atom. The minimum atomic E-state index is 0.0979. The maximum atomic E-state index is 11.5. The fourth-order valence-corrected chi connectivity index (χ4v) is 1.82. The Morgan fingerprint density at radius 1 is 1.33 bits per heavy atom. The van der Waals surface area contributed by atoms with Gasteiger partial charge in [-0.05, 0) is 37.5 Å². The molecule has 0 spiro atoms. The van der Waals surface area contributed by atoms with E-state index in [1.54, 1.807) is 14.0 Å². The van der Waals surface area contributed by atoms with Gasteiger partial charge in [-0.15, -0.1) is 0 Å². The molecular formula is C13H18O2. The quantitative estimate of drug-likeness (QED) is 0.709. The van der Waals surface area contributed by atoms with E-state index in [-0.39, 0.29) is 5.78 Å². The number of carbonyl (C=O) groups is 1. The molecule has 2 heteroatoms. The van der Waals surface area contributed by atoms with Crippen molar-refractivity contribution in [1.82, 2.24) is 0 Å². The Morgan fingerprint density at radius 3 is 2.33 bits per heavy atom. The molecule has 0 heterocycles. The zero-order chi connectivity index (χ0) is 11.6. The first-order valence-corrected chi connectivity index (χ1v) is 5.16. The second-order valence-corrected chi connectivity index (χ2v) is 4.14. The lowest BCUT2D eigenvalue weighted by Gasteiger charge is -2.16. The zero-order valence-electron chi connectivity index (χ0n) is 10.0. The average molecular weight is 206 g/mol. The largest absolute Gasteiger partial charge is 0.496 e. The molecule has 15 heavy (non-hydrogen) atoms. The predicted octanol–water partition coefficient (Wildman–Crippen LogP) is 3.33. The zero-order valence-corrected chi connectivity index (χ0v) is 10.0. The summed E-state index contributed by atoms with van der Waals surface area (Å²) in [5, 5.41) is 0. The molecule has 0 saturated heterocycles. The van der Waals surface area contributed by atoms with Gasteiger partial charge in [0.2, 0.25) is 0 Å². The third-order valence-electron chi connectivity index (χ3n) is 2.46. The molecule has 0 atom stereocenters. The highest BCUT2D eigenvalue weighted by Crippen LogP contribution is 2.31. The van der Waals surface area contributed by atoms with Crippen LogP contribution in [0.3, 0.4) is 0 Å². The molecule has 0 fully saturated rings. The SMILES string of the molecule is COc1cc(C)cc(C(C)=O)c1C(C)C. The van der Waals surface area contributed by atoms with Crippen molar-refractivity contribution in [3.8, 4) is 5.75 Å². The average Bonchev–Trinajstić information content (AvgIpc) is 2.15. The van der Waals surface area contributed by atoms with Crippen LogP contribution < -0.4 is 4.74 Å². The van der Waals surface area contributed by atoms with Crippen molar-refractivity contribution in [2.45, 2.75) is 33.6 Å². The van der Waals surface area contributed by atoms with Crippen LogP contribution in [0.5, 0.6) is 5.75 Å². The maximum Gasteiger partial charge on any atom is 0.160 e. The van der Waals surface area contributed by atoms with Crippen molar-refractivity contribution in [1.29, 1.82) is 0 Å². The number of ketones is 1. The van der Waals surface area contributed by atoms with E-state index >= 15 is 0 Å². The van der Waals surface area contributed by atoms with Crippen molar-refractivity contribution in [3.05, 3.63) is 28.8 Å². The minimum Gasteiger partial charge on any atom is -0.496 e. The molecule has 0 radical (unpaired) electrons. The number of aryl methyl sites for hydroxylation is 1. The van der Waals surface area contributed by atoms with Gasteiger partial charge in [-0.25, -0.2) is 0 Å². The van der Waals surface area contributed by atoms with Crippen molar-refractivity contribution in [2.24, 2.45) is 0 Å². The van der Waals surface area contributed by atoms with E-state index < -0.39 is 0 Å². The van der Waals surface area contributed by atoms with E-state index in [4.69, 9.17) is 4.74 Å². The van der Waals surface area contributed by atoms with E-state index in [9.17, 15) is 4.79 Å². The smallest absolute Gasteiger partial charge is 0.160 e. The summed E-state index contributed by atoms with van der Waals surface area (Å²) in [7, 11) is 1.64. The highest BCUT2D eigenvalue weighted by molar-refractivity contribution is 5.96. The number of hydrogen-bond acceptors (Lipinski definition) is 2. The van der Waals surface area contributed by atoms with Gasteiger partial charge in [-0.3, -0.25) is 4.79 Å². The van der Waals surface area contributed by atoms with Crippen LogP contribution in [0.15, 0.2) is 12.1 Å². The molecule has 82 valence electrons. The lowest BCUT2D eigenvalue weighted by molar-refractivity contribution is 0.101. The van der Waals surface area contributed by atoms with E-state index in [1.807, 2.05) is 19.1 Å². The first kappa shape index (κ1) is 11.8. The van der Waals surface area contributed by atoms with Crippen molar-refractivity contribution < 1.29 is 9.53 Å². The van der Waals surface area contributed by atoms with Gasteiger partial charge in [0.15, 0.2) is 5.78 Å². The molecule has 0 aliphatic heterocycles. The second kappa shape index (κ2) is 4.47. The Balaban J connectivity index is 3.47. The van der Waals surface area contributed by atoms with Crippen molar-refractivity contribution in [2.75, 3.05) is 7.11 Å². The Kier molecular flexibility index (Phi) is 3.51. The first-order valence-electron chi connectivity index (χ1n) is 5.16. The van der Waals surface area contributed by atoms with E-state index in [0.717, 1.165) is 22.4 Å². The van der Waals surface area contributed by atoms with Crippen LogP contribution in [-0.2, 0) is 0 Å². The van der Waals surface area contributed by atoms with Crippen LogP contribution in [0.4, 0.5) is 0 Å². The topological polar surface area (TPSA) is 26.3 Å². The Labute approximate surface area is 91.3 Å². The summed E-state index contributed by atoms with van der Waals surface area (Å²) in [4.78, 5) is 11.5. The summed E-state index contributed by atoms with van der Waals surface area (Å²) in [5.74, 6) is 1.20. The number of ether oxygens (including phenoxy) is 1. The number of rotatable bonds is 3. The molecular weight excluding hydrogens is 188 g/mol. The Bertz CT molecular complexity index is 378. The van der Waals surface area contributed by atoms with Crippen LogP contribution in [-0.4, -0.2) is 12.9 Å². The van der Waals surface area contributed by atoms with Gasteiger partial charge in [0.25, 0.3) is 0 Å². The molecule has 0 N–H and O–H groups in total. The van der Waals surface area contributed by atoms with Crippen LogP contribution >= 0.6 is 0 Å². The third kappa shape index (κ3) is 2.38. The fourth-order valence-electron chi connectivity index (χ4n) is 1.82. The second-order valence-electron chi connectivity index (χ2n) is 4.14. The fraction of sp³-hybridized carbons (Fsp3) is 0.462. The number of hydrogen-bond donors (Lipinski definition) is 0. The molecule has 0 saturated carbocycles. The molecule has 1 aromatic rings. The summed E-state index contributed by atoms with van der Waals surface area (Å²) >= 11 is 0. The molecule has 0 aliphatic carbocycles. The highest BCUT2D eigenvalue weighted by Gasteiger charge is 2.16. The van der Waals surface area contributed by atoms with Crippen LogP contribution in [0.2, 0.25) is 0 Å². The molecule has 0 bridgehead atoms. The van der Waals surface area contributed by atoms with Gasteiger partial charge in [0.1, 0.15) is 5.75 Å². The molecule has 1 aromatic carbocycles. The monoisotopic (exact) mass is 206 g/mol. The van der Waals surface area contributed by atoms with E-state index in [0.29, 0.717) is 5.92 Å². The lowest BCUT2D eigenvalue weighted by Crippen LogP contribution is -2.05. The molecule has 0 aromatic heterocycles. The number of carbonyl (C=O) groups excluding carboxylic acids is 1. The summed E-state index contributed by atoms with van der Waals surface area (Å²) in [6, 6.07) is 3.90. The Hall–Kier alpha value is -1.31. The molecule has 0 amide bonds. The summed E-state index contributed by atoms with van der Waals surface area (Å²) < 4.78 is 5.33. The van der Waals surface area contributed by atoms with Gasteiger partial charge in [-0.2, -0.15) is 0 Å². The highest BCUT2D eigenvalue weighted by atomic mass is 16.5. The van der Waals surface area contributed by atoms with Gasteiger partial charge in [0.05, 0.1) is 7.11 Å². The van der Waals surface area contributed by atoms with E-state index in [1.165, 1.54) is 0 Å². The minimum absolute atomic E-state index is 0.0979.